The number of non-ortho nitro benzene ring substituents is 1. The SMILES string of the molecule is Cc1cc(NC(=O)CN2CCN(CC(=O)Nc3nc(-c4cccc([N+](=O)[O-])c4)cs3)CC2)no1. The second kappa shape index (κ2) is 10.5. The van der Waals surface area contributed by atoms with Crippen LogP contribution in [0, 0.1) is 17.0 Å². The third-order valence-corrected chi connectivity index (χ3v) is 5.96. The highest BCUT2D eigenvalue weighted by molar-refractivity contribution is 7.14. The van der Waals surface area contributed by atoms with Crippen LogP contribution in [0.1, 0.15) is 5.76 Å². The number of anilines is 2. The molecule has 0 spiro atoms. The normalized spacial score (nSPS) is 14.6. The maximum atomic E-state index is 12.5. The predicted octanol–water partition coefficient (Wildman–Crippen LogP) is 2.21. The monoisotopic (exact) mass is 485 g/mol. The lowest BCUT2D eigenvalue weighted by molar-refractivity contribution is -0.384. The standard InChI is InChI=1S/C21H23N7O5S/c1-14-9-18(25-33-14)23-19(29)11-26-5-7-27(8-6-26)12-20(30)24-21-22-17(13-34-21)15-3-2-4-16(10-15)28(31)32/h2-4,9-10,13H,5-8,11-12H2,1H3,(H,22,24,30)(H,23,25,29). The molecule has 1 fully saturated rings. The first-order valence-electron chi connectivity index (χ1n) is 10.5. The Balaban J connectivity index is 1.21. The molecule has 3 heterocycles. The highest BCUT2D eigenvalue weighted by atomic mass is 32.1. The number of carbonyl (C=O) groups is 2. The summed E-state index contributed by atoms with van der Waals surface area (Å²) in [5, 5.41) is 22.4. The zero-order valence-electron chi connectivity index (χ0n) is 18.4. The molecule has 178 valence electrons. The van der Waals surface area contributed by atoms with Gasteiger partial charge in [-0.1, -0.05) is 17.3 Å². The van der Waals surface area contributed by atoms with E-state index in [-0.39, 0.29) is 30.6 Å². The lowest BCUT2D eigenvalue weighted by Gasteiger charge is -2.33. The minimum absolute atomic E-state index is 0.0130. The van der Waals surface area contributed by atoms with E-state index in [1.165, 1.54) is 23.5 Å². The molecule has 0 bridgehead atoms. The van der Waals surface area contributed by atoms with Crippen LogP contribution in [0.25, 0.3) is 11.3 Å². The van der Waals surface area contributed by atoms with Gasteiger partial charge in [0.05, 0.1) is 23.7 Å². The maximum Gasteiger partial charge on any atom is 0.270 e. The van der Waals surface area contributed by atoms with Crippen LogP contribution < -0.4 is 10.6 Å². The van der Waals surface area contributed by atoms with Crippen molar-refractivity contribution >= 4 is 39.8 Å². The summed E-state index contributed by atoms with van der Waals surface area (Å²) in [6.07, 6.45) is 0. The number of piperazine rings is 1. The summed E-state index contributed by atoms with van der Waals surface area (Å²) in [7, 11) is 0. The number of amides is 2. The Morgan fingerprint density at radius 2 is 1.79 bits per heavy atom. The highest BCUT2D eigenvalue weighted by Crippen LogP contribution is 2.27. The van der Waals surface area contributed by atoms with Gasteiger partial charge >= 0.3 is 0 Å². The number of nitro groups is 1. The summed E-state index contributed by atoms with van der Waals surface area (Å²) in [5.74, 6) is 0.671. The van der Waals surface area contributed by atoms with Crippen LogP contribution in [-0.2, 0) is 9.59 Å². The van der Waals surface area contributed by atoms with Crippen molar-refractivity contribution in [2.75, 3.05) is 49.9 Å². The van der Waals surface area contributed by atoms with Crippen molar-refractivity contribution < 1.29 is 19.0 Å². The van der Waals surface area contributed by atoms with Crippen LogP contribution >= 0.6 is 11.3 Å². The number of nitrogens with zero attached hydrogens (tertiary/aromatic N) is 5. The molecule has 4 rings (SSSR count). The molecule has 0 atom stereocenters. The number of benzene rings is 1. The first kappa shape index (κ1) is 23.5. The fourth-order valence-electron chi connectivity index (χ4n) is 3.52. The van der Waals surface area contributed by atoms with Crippen molar-refractivity contribution in [2.45, 2.75) is 6.92 Å². The van der Waals surface area contributed by atoms with E-state index in [4.69, 9.17) is 4.52 Å². The van der Waals surface area contributed by atoms with Gasteiger partial charge in [0.1, 0.15) is 5.76 Å². The van der Waals surface area contributed by atoms with Crippen LogP contribution in [0.2, 0.25) is 0 Å². The molecule has 1 aliphatic rings. The van der Waals surface area contributed by atoms with E-state index in [1.807, 2.05) is 9.80 Å². The summed E-state index contributed by atoms with van der Waals surface area (Å²) in [5.41, 5.74) is 1.17. The van der Waals surface area contributed by atoms with Crippen molar-refractivity contribution in [3.63, 3.8) is 0 Å². The van der Waals surface area contributed by atoms with Crippen molar-refractivity contribution in [1.29, 1.82) is 0 Å². The fraction of sp³-hybridized carbons (Fsp3) is 0.333. The van der Waals surface area contributed by atoms with E-state index in [0.717, 1.165) is 0 Å². The average Bonchev–Trinajstić information content (AvgIpc) is 3.44. The molecule has 3 aromatic rings. The van der Waals surface area contributed by atoms with Gasteiger partial charge in [0.15, 0.2) is 10.9 Å². The lowest BCUT2D eigenvalue weighted by Crippen LogP contribution is -2.50. The summed E-state index contributed by atoms with van der Waals surface area (Å²) < 4.78 is 4.93. The number of nitrogens with one attached hydrogen (secondary N) is 2. The average molecular weight is 486 g/mol. The Morgan fingerprint density at radius 3 is 2.41 bits per heavy atom. The molecule has 34 heavy (non-hydrogen) atoms. The molecule has 0 aliphatic carbocycles. The van der Waals surface area contributed by atoms with Crippen LogP contribution in [0.3, 0.4) is 0 Å². The van der Waals surface area contributed by atoms with E-state index in [1.54, 1.807) is 30.5 Å². The fourth-order valence-corrected chi connectivity index (χ4v) is 4.26. The van der Waals surface area contributed by atoms with Gasteiger partial charge in [-0.3, -0.25) is 29.5 Å². The van der Waals surface area contributed by atoms with Crippen LogP contribution in [0.15, 0.2) is 40.2 Å². The first-order valence-corrected chi connectivity index (χ1v) is 11.4. The smallest absolute Gasteiger partial charge is 0.270 e. The summed E-state index contributed by atoms with van der Waals surface area (Å²) in [6.45, 7) is 4.83. The third kappa shape index (κ3) is 6.21. The lowest BCUT2D eigenvalue weighted by atomic mass is 10.1. The second-order valence-electron chi connectivity index (χ2n) is 7.82. The van der Waals surface area contributed by atoms with Crippen LogP contribution in [0.5, 0.6) is 0 Å². The number of rotatable bonds is 8. The Hall–Kier alpha value is -3.68. The molecule has 0 unspecified atom stereocenters. The molecular weight excluding hydrogens is 462 g/mol. The highest BCUT2D eigenvalue weighted by Gasteiger charge is 2.21. The van der Waals surface area contributed by atoms with E-state index >= 15 is 0 Å². The molecule has 12 nitrogen and oxygen atoms in total. The van der Waals surface area contributed by atoms with Crippen molar-refractivity contribution in [3.8, 4) is 11.3 Å². The molecule has 1 aromatic carbocycles. The van der Waals surface area contributed by atoms with Gasteiger partial charge in [-0.15, -0.1) is 11.3 Å². The van der Waals surface area contributed by atoms with Gasteiger partial charge in [0.25, 0.3) is 5.69 Å². The number of thiazole rings is 1. The van der Waals surface area contributed by atoms with Crippen molar-refractivity contribution in [3.05, 3.63) is 51.6 Å². The minimum Gasteiger partial charge on any atom is -0.360 e. The second-order valence-corrected chi connectivity index (χ2v) is 8.67. The third-order valence-electron chi connectivity index (χ3n) is 5.20. The van der Waals surface area contributed by atoms with Crippen molar-refractivity contribution in [2.24, 2.45) is 0 Å². The van der Waals surface area contributed by atoms with Gasteiger partial charge in [-0.05, 0) is 6.92 Å². The quantitative estimate of drug-likeness (QED) is 0.362. The van der Waals surface area contributed by atoms with E-state index in [9.17, 15) is 19.7 Å². The van der Waals surface area contributed by atoms with Crippen LogP contribution in [-0.4, -0.2) is 75.9 Å². The maximum absolute atomic E-state index is 12.5. The first-order chi connectivity index (χ1) is 16.4. The van der Waals surface area contributed by atoms with Gasteiger partial charge in [0, 0.05) is 55.3 Å². The predicted molar refractivity (Wildman–Crippen MR) is 126 cm³/mol. The zero-order chi connectivity index (χ0) is 24.1. The Bertz CT molecular complexity index is 1190. The van der Waals surface area contributed by atoms with E-state index < -0.39 is 4.92 Å². The zero-order valence-corrected chi connectivity index (χ0v) is 19.2. The van der Waals surface area contributed by atoms with E-state index in [0.29, 0.717) is 54.1 Å². The molecule has 0 radical (unpaired) electrons. The largest absolute Gasteiger partial charge is 0.360 e. The molecule has 2 aromatic heterocycles. The van der Waals surface area contributed by atoms with E-state index in [2.05, 4.69) is 20.8 Å². The molecule has 1 aliphatic heterocycles. The topological polar surface area (TPSA) is 147 Å². The number of carbonyl (C=O) groups excluding carboxylic acids is 2. The van der Waals surface area contributed by atoms with Gasteiger partial charge in [0.2, 0.25) is 11.8 Å². The molecule has 13 heteroatoms. The van der Waals surface area contributed by atoms with Gasteiger partial charge in [-0.2, -0.15) is 0 Å². The Kier molecular flexibility index (Phi) is 7.25. The summed E-state index contributed by atoms with van der Waals surface area (Å²) in [6, 6.07) is 7.86. The molecule has 2 N–H and O–H groups in total. The molecular formula is C21H23N7O5S. The van der Waals surface area contributed by atoms with Crippen LogP contribution in [0.4, 0.5) is 16.6 Å². The Labute approximate surface area is 198 Å². The van der Waals surface area contributed by atoms with Gasteiger partial charge in [-0.25, -0.2) is 4.98 Å². The summed E-state index contributed by atoms with van der Waals surface area (Å²) >= 11 is 1.26. The van der Waals surface area contributed by atoms with Crippen molar-refractivity contribution in [1.82, 2.24) is 19.9 Å². The number of hydrogen-bond donors (Lipinski definition) is 2. The Morgan fingerprint density at radius 1 is 1.12 bits per heavy atom. The molecule has 1 saturated heterocycles. The minimum atomic E-state index is -0.456. The van der Waals surface area contributed by atoms with Gasteiger partial charge < -0.3 is 15.2 Å². The number of aromatic nitrogens is 2. The molecule has 2 amide bonds. The number of nitro benzene ring substituents is 1. The molecule has 0 saturated carbocycles. The number of hydrogen-bond acceptors (Lipinski definition) is 10. The summed E-state index contributed by atoms with van der Waals surface area (Å²) in [4.78, 5) is 43.5. The number of aryl methyl sites for hydroxylation is 1.